The number of thioether (sulfide) groups is 1. The number of allylic oxidation sites excluding steroid dienone is 1. The van der Waals surface area contributed by atoms with Gasteiger partial charge in [-0.25, -0.2) is 23.0 Å². The van der Waals surface area contributed by atoms with E-state index in [0.717, 1.165) is 23.6 Å². The Morgan fingerprint density at radius 2 is 1.82 bits per heavy atom. The zero-order chi connectivity index (χ0) is 31.5. The number of dihydropyridines is 1. The number of piperidine rings is 2. The lowest BCUT2D eigenvalue weighted by molar-refractivity contribution is -0.139. The number of aliphatic hydroxyl groups excluding tert-OH is 1. The summed E-state index contributed by atoms with van der Waals surface area (Å²) < 4.78 is 81.1. The molecule has 3 fully saturated rings. The van der Waals surface area contributed by atoms with Crippen LogP contribution < -0.4 is 10.1 Å². The minimum Gasteiger partial charge on any atom is -0.390 e. The third kappa shape index (κ3) is 8.95. The Hall–Kier alpha value is -1.75. The number of sulfonamides is 1. The Labute approximate surface area is 261 Å². The van der Waals surface area contributed by atoms with Crippen LogP contribution in [0.2, 0.25) is 0 Å². The Bertz CT molecular complexity index is 1300. The van der Waals surface area contributed by atoms with Crippen molar-refractivity contribution >= 4 is 28.0 Å². The van der Waals surface area contributed by atoms with E-state index in [1.54, 1.807) is 12.3 Å². The van der Waals surface area contributed by atoms with Crippen LogP contribution >= 0.6 is 11.8 Å². The number of nitrogens with one attached hydrogen (secondary N) is 2. The lowest BCUT2D eigenvalue weighted by Crippen LogP contribution is -2.48. The van der Waals surface area contributed by atoms with Crippen LogP contribution in [0.25, 0.3) is 0 Å². The number of likely N-dealkylation sites (tertiary alicyclic amines) is 2. The molecule has 1 aromatic rings. The van der Waals surface area contributed by atoms with Crippen LogP contribution in [0, 0.1) is 5.92 Å². The molecule has 246 valence electrons. The van der Waals surface area contributed by atoms with Gasteiger partial charge in [-0.15, -0.1) is 11.8 Å². The number of fused-ring (bicyclic) bond motifs is 1. The highest BCUT2D eigenvalue weighted by Crippen LogP contribution is 2.42. The average Bonchev–Trinajstić information content (AvgIpc) is 3.32. The van der Waals surface area contributed by atoms with E-state index in [9.17, 15) is 31.1 Å². The number of β-amino-alcohol motifs (C(OH)–C–C–N with tert-alkyl or cyclic N) is 1. The molecule has 2 unspecified atom stereocenters. The number of rotatable bonds is 11. The summed E-state index contributed by atoms with van der Waals surface area (Å²) in [5.74, 6) is 0.377. The Kier molecular flexibility index (Phi) is 11.0. The number of halogens is 4. The molecule has 0 aromatic heterocycles. The number of aliphatic hydroxyl groups is 1. The van der Waals surface area contributed by atoms with E-state index >= 15 is 0 Å². The van der Waals surface area contributed by atoms with Crippen LogP contribution in [0.4, 0.5) is 17.6 Å². The van der Waals surface area contributed by atoms with Crippen molar-refractivity contribution in [2.75, 3.05) is 64.4 Å². The Morgan fingerprint density at radius 3 is 2.50 bits per heavy atom. The molecule has 44 heavy (non-hydrogen) atoms. The fourth-order valence-corrected chi connectivity index (χ4v) is 8.45. The van der Waals surface area contributed by atoms with Crippen LogP contribution in [0.15, 0.2) is 39.9 Å². The molecular weight excluding hydrogens is 620 g/mol. The molecule has 0 amide bonds. The highest BCUT2D eigenvalue weighted by atomic mass is 32.2. The molecule has 3 N–H and O–H groups in total. The summed E-state index contributed by atoms with van der Waals surface area (Å²) in [6.45, 7) is 4.36. The lowest BCUT2D eigenvalue weighted by Gasteiger charge is -2.34. The maximum Gasteiger partial charge on any atom is 0.417 e. The minimum absolute atomic E-state index is 0.0957. The standard InChI is InChI=1S/C29H42F4N6O3S2/c1-44(41,42)36-22-7-12-38(13-8-22)18-23(40)19-39-26-4-9-34-17-24(26)28(35-39)20-2-3-25(29(31,32)33)27(16-20)43-15-14-37-10-5-21(30)6-11-37/h2-4,9,16,21-24,28,35-36,40H,5-8,10-15,17-19H2,1H3/t23-,24?,28?/m0/s1. The summed E-state index contributed by atoms with van der Waals surface area (Å²) in [4.78, 5) is 8.81. The number of hydrazine groups is 1. The quantitative estimate of drug-likeness (QED) is 0.246. The molecule has 5 rings (SSSR count). The van der Waals surface area contributed by atoms with Crippen LogP contribution in [0.5, 0.6) is 0 Å². The molecule has 3 atom stereocenters. The number of alkyl halides is 4. The topological polar surface area (TPSA) is 101 Å². The zero-order valence-electron chi connectivity index (χ0n) is 24.8. The van der Waals surface area contributed by atoms with Crippen LogP contribution in [0.3, 0.4) is 0 Å². The van der Waals surface area contributed by atoms with E-state index in [-0.39, 0.29) is 29.4 Å². The van der Waals surface area contributed by atoms with Gasteiger partial charge in [0.05, 0.1) is 30.5 Å². The molecule has 0 aliphatic carbocycles. The van der Waals surface area contributed by atoms with Gasteiger partial charge in [0.25, 0.3) is 0 Å². The van der Waals surface area contributed by atoms with Gasteiger partial charge in [0.2, 0.25) is 10.0 Å². The molecule has 4 heterocycles. The first kappa shape index (κ1) is 33.6. The van der Waals surface area contributed by atoms with E-state index in [4.69, 9.17) is 0 Å². The first-order valence-corrected chi connectivity index (χ1v) is 18.0. The van der Waals surface area contributed by atoms with Crippen molar-refractivity contribution in [1.29, 1.82) is 0 Å². The highest BCUT2D eigenvalue weighted by molar-refractivity contribution is 7.99. The second-order valence-corrected chi connectivity index (χ2v) is 15.1. The van der Waals surface area contributed by atoms with E-state index in [2.05, 4.69) is 24.9 Å². The molecule has 4 aliphatic heterocycles. The van der Waals surface area contributed by atoms with Crippen molar-refractivity contribution in [3.8, 4) is 0 Å². The third-order valence-electron chi connectivity index (χ3n) is 8.72. The van der Waals surface area contributed by atoms with Gasteiger partial charge in [-0.3, -0.25) is 4.99 Å². The van der Waals surface area contributed by atoms with Crippen molar-refractivity contribution in [3.05, 3.63) is 41.1 Å². The van der Waals surface area contributed by atoms with Gasteiger partial charge in [-0.2, -0.15) is 13.2 Å². The van der Waals surface area contributed by atoms with E-state index in [0.29, 0.717) is 77.2 Å². The first-order valence-electron chi connectivity index (χ1n) is 15.2. The summed E-state index contributed by atoms with van der Waals surface area (Å²) in [6, 6.07) is 3.90. The largest absolute Gasteiger partial charge is 0.417 e. The predicted molar refractivity (Wildman–Crippen MR) is 164 cm³/mol. The van der Waals surface area contributed by atoms with Gasteiger partial charge in [0, 0.05) is 67.2 Å². The fraction of sp³-hybridized carbons (Fsp3) is 0.690. The average molecular weight is 663 g/mol. The molecular formula is C29H42F4N6O3S2. The molecule has 0 radical (unpaired) electrons. The summed E-state index contributed by atoms with van der Waals surface area (Å²) in [5, 5.41) is 12.9. The molecule has 0 saturated carbocycles. The van der Waals surface area contributed by atoms with E-state index in [1.807, 2.05) is 11.1 Å². The lowest BCUT2D eigenvalue weighted by atomic mass is 9.91. The van der Waals surface area contributed by atoms with Crippen molar-refractivity contribution in [1.82, 2.24) is 25.0 Å². The highest BCUT2D eigenvalue weighted by Gasteiger charge is 2.40. The van der Waals surface area contributed by atoms with Crippen molar-refractivity contribution < 1.29 is 31.1 Å². The van der Waals surface area contributed by atoms with E-state index < -0.39 is 34.0 Å². The van der Waals surface area contributed by atoms with Crippen LogP contribution in [0.1, 0.15) is 42.9 Å². The van der Waals surface area contributed by atoms with Gasteiger partial charge < -0.3 is 19.9 Å². The van der Waals surface area contributed by atoms with Gasteiger partial charge in [0.15, 0.2) is 0 Å². The van der Waals surface area contributed by atoms with E-state index in [1.165, 1.54) is 17.8 Å². The third-order valence-corrected chi connectivity index (χ3v) is 10.5. The Morgan fingerprint density at radius 1 is 1.11 bits per heavy atom. The maximum absolute atomic E-state index is 14.0. The van der Waals surface area contributed by atoms with Gasteiger partial charge in [-0.05, 0) is 62.5 Å². The molecule has 15 heteroatoms. The second-order valence-electron chi connectivity index (χ2n) is 12.2. The second kappa shape index (κ2) is 14.3. The van der Waals surface area contributed by atoms with Crippen molar-refractivity contribution in [2.24, 2.45) is 10.9 Å². The van der Waals surface area contributed by atoms with Crippen LogP contribution in [-0.2, 0) is 16.2 Å². The summed E-state index contributed by atoms with van der Waals surface area (Å²) >= 11 is 1.18. The first-order chi connectivity index (χ1) is 20.9. The summed E-state index contributed by atoms with van der Waals surface area (Å²) in [5.41, 5.74) is 4.44. The number of nitrogens with zero attached hydrogens (tertiary/aromatic N) is 4. The van der Waals surface area contributed by atoms with Gasteiger partial charge >= 0.3 is 6.18 Å². The number of benzene rings is 1. The Balaban J connectivity index is 1.22. The fourth-order valence-electron chi connectivity index (χ4n) is 6.48. The molecule has 9 nitrogen and oxygen atoms in total. The molecule has 0 bridgehead atoms. The monoisotopic (exact) mass is 662 g/mol. The minimum atomic E-state index is -4.48. The number of aliphatic imine (C=N–C) groups is 1. The van der Waals surface area contributed by atoms with Crippen molar-refractivity contribution in [3.63, 3.8) is 0 Å². The molecule has 0 spiro atoms. The van der Waals surface area contributed by atoms with Gasteiger partial charge in [0.1, 0.15) is 6.17 Å². The zero-order valence-corrected chi connectivity index (χ0v) is 26.5. The van der Waals surface area contributed by atoms with Crippen molar-refractivity contribution in [2.45, 2.75) is 61.1 Å². The molecule has 4 aliphatic rings. The SMILES string of the molecule is CS(=O)(=O)NC1CCN(C[C@H](O)CN2NC(c3ccc(C(F)(F)F)c(SCCN4CCC(F)CC4)c3)C3CN=CC=C32)CC1. The van der Waals surface area contributed by atoms with Crippen LogP contribution in [-0.4, -0.2) is 117 Å². The predicted octanol–water partition coefficient (Wildman–Crippen LogP) is 3.05. The molecule has 1 aromatic carbocycles. The summed E-state index contributed by atoms with van der Waals surface area (Å²) in [7, 11) is -3.26. The normalized spacial score (nSPS) is 25.3. The maximum atomic E-state index is 14.0. The number of hydrogen-bond acceptors (Lipinski definition) is 9. The van der Waals surface area contributed by atoms with Gasteiger partial charge in [-0.1, -0.05) is 6.07 Å². The molecule has 3 saturated heterocycles. The smallest absolute Gasteiger partial charge is 0.390 e. The summed E-state index contributed by atoms with van der Waals surface area (Å²) in [6.07, 6.45) is 1.04. The number of hydrogen-bond donors (Lipinski definition) is 3.